The minimum Gasteiger partial charge on any atom is -0.276 e. The quantitative estimate of drug-likeness (QED) is 0.647. The molecule has 0 spiro atoms. The number of nitrogens with zero attached hydrogens (tertiary/aromatic N) is 4. The van der Waals surface area contributed by atoms with Crippen LogP contribution in [0.5, 0.6) is 0 Å². The van der Waals surface area contributed by atoms with Gasteiger partial charge in [0.15, 0.2) is 5.65 Å². The Kier molecular flexibility index (Phi) is 3.75. The molecule has 0 unspecified atom stereocenters. The molecule has 7 heteroatoms. The number of fused-ring (bicyclic) bond motifs is 1. The first kappa shape index (κ1) is 14.5. The minimum absolute atomic E-state index is 0.193. The number of aromatic nitrogens is 4. The summed E-state index contributed by atoms with van der Waals surface area (Å²) in [6.07, 6.45) is 0. The molecule has 0 N–H and O–H groups in total. The van der Waals surface area contributed by atoms with Gasteiger partial charge in [-0.3, -0.25) is 4.57 Å². The molecule has 0 atom stereocenters. The van der Waals surface area contributed by atoms with E-state index in [1.807, 2.05) is 18.5 Å². The van der Waals surface area contributed by atoms with Gasteiger partial charge in [-0.05, 0) is 41.9 Å². The van der Waals surface area contributed by atoms with Crippen molar-refractivity contribution in [3.63, 3.8) is 0 Å². The number of para-hydroxylation sites is 1. The molecule has 2 heterocycles. The van der Waals surface area contributed by atoms with E-state index in [0.717, 1.165) is 16.9 Å². The van der Waals surface area contributed by atoms with Crippen LogP contribution in [0.4, 0.5) is 4.39 Å². The molecular weight excluding hydrogens is 359 g/mol. The van der Waals surface area contributed by atoms with E-state index >= 15 is 0 Å². The van der Waals surface area contributed by atoms with Gasteiger partial charge in [-0.15, -0.1) is 11.6 Å². The molecule has 0 saturated carbocycles. The molecule has 2 aromatic heterocycles. The summed E-state index contributed by atoms with van der Waals surface area (Å²) >= 11 is 9.42. The highest BCUT2D eigenvalue weighted by atomic mass is 79.9. The summed E-state index contributed by atoms with van der Waals surface area (Å²) in [6.45, 7) is 4.55. The van der Waals surface area contributed by atoms with E-state index in [1.54, 1.807) is 16.7 Å². The van der Waals surface area contributed by atoms with Crippen LogP contribution in [0.1, 0.15) is 18.4 Å². The lowest BCUT2D eigenvalue weighted by Crippen LogP contribution is -2.08. The average Bonchev–Trinajstić information content (AvgIpc) is 2.97. The fourth-order valence-corrected chi connectivity index (χ4v) is 3.16. The molecule has 0 radical (unpaired) electrons. The highest BCUT2D eigenvalue weighted by Gasteiger charge is 2.22. The highest BCUT2D eigenvalue weighted by molar-refractivity contribution is 9.10. The Morgan fingerprint density at radius 3 is 2.76 bits per heavy atom. The Hall–Kier alpha value is -1.40. The molecule has 0 aliphatic carbocycles. The van der Waals surface area contributed by atoms with E-state index in [2.05, 4.69) is 26.0 Å². The SMILES string of the molecule is CCn1nc(C)c2nc(CCl)n(-c3c(F)cccc3Br)c21. The smallest absolute Gasteiger partial charge is 0.163 e. The third-order valence-electron chi connectivity index (χ3n) is 3.36. The first-order valence-corrected chi connectivity index (χ1v) is 7.86. The number of benzene rings is 1. The molecule has 1 aromatic carbocycles. The van der Waals surface area contributed by atoms with E-state index in [0.29, 0.717) is 22.5 Å². The van der Waals surface area contributed by atoms with Gasteiger partial charge in [-0.1, -0.05) is 6.07 Å². The number of halogens is 3. The lowest BCUT2D eigenvalue weighted by Gasteiger charge is -2.12. The molecule has 3 aromatic rings. The number of alkyl halides is 1. The van der Waals surface area contributed by atoms with Crippen LogP contribution < -0.4 is 0 Å². The van der Waals surface area contributed by atoms with E-state index in [4.69, 9.17) is 11.6 Å². The van der Waals surface area contributed by atoms with Crippen molar-refractivity contribution in [2.75, 3.05) is 0 Å². The van der Waals surface area contributed by atoms with Gasteiger partial charge in [0.05, 0.1) is 17.3 Å². The predicted octanol–water partition coefficient (Wildman–Crippen LogP) is 4.19. The number of hydrogen-bond donors (Lipinski definition) is 0. The molecule has 21 heavy (non-hydrogen) atoms. The van der Waals surface area contributed by atoms with Crippen LogP contribution in [0, 0.1) is 12.7 Å². The van der Waals surface area contributed by atoms with Gasteiger partial charge in [0.25, 0.3) is 0 Å². The molecule has 3 rings (SSSR count). The van der Waals surface area contributed by atoms with Crippen molar-refractivity contribution >= 4 is 38.7 Å². The van der Waals surface area contributed by atoms with Gasteiger partial charge < -0.3 is 0 Å². The number of rotatable bonds is 3. The maximum atomic E-state index is 14.3. The summed E-state index contributed by atoms with van der Waals surface area (Å²) in [5.41, 5.74) is 2.73. The van der Waals surface area contributed by atoms with Crippen molar-refractivity contribution < 1.29 is 4.39 Å². The van der Waals surface area contributed by atoms with Gasteiger partial charge in [0, 0.05) is 11.0 Å². The van der Waals surface area contributed by atoms with Gasteiger partial charge >= 0.3 is 0 Å². The van der Waals surface area contributed by atoms with Crippen molar-refractivity contribution in [2.24, 2.45) is 0 Å². The van der Waals surface area contributed by atoms with Crippen molar-refractivity contribution in [3.8, 4) is 5.69 Å². The number of hydrogen-bond acceptors (Lipinski definition) is 2. The molecule has 0 fully saturated rings. The summed E-state index contributed by atoms with van der Waals surface area (Å²) in [4.78, 5) is 4.52. The van der Waals surface area contributed by atoms with Gasteiger partial charge in [-0.2, -0.15) is 5.10 Å². The summed E-state index contributed by atoms with van der Waals surface area (Å²) < 4.78 is 18.6. The molecule has 0 saturated heterocycles. The third kappa shape index (κ3) is 2.17. The summed E-state index contributed by atoms with van der Waals surface area (Å²) in [5, 5.41) is 4.44. The van der Waals surface area contributed by atoms with Gasteiger partial charge in [0.1, 0.15) is 17.2 Å². The van der Waals surface area contributed by atoms with Crippen LogP contribution >= 0.6 is 27.5 Å². The second-order valence-corrected chi connectivity index (χ2v) is 5.76. The van der Waals surface area contributed by atoms with Crippen LogP contribution in [0.15, 0.2) is 22.7 Å². The maximum absolute atomic E-state index is 14.3. The van der Waals surface area contributed by atoms with Gasteiger partial charge in [-0.25, -0.2) is 14.1 Å². The summed E-state index contributed by atoms with van der Waals surface area (Å²) in [5.74, 6) is 0.454. The minimum atomic E-state index is -0.337. The average molecular weight is 372 g/mol. The van der Waals surface area contributed by atoms with E-state index < -0.39 is 0 Å². The zero-order chi connectivity index (χ0) is 15.1. The lowest BCUT2D eigenvalue weighted by molar-refractivity contribution is 0.610. The van der Waals surface area contributed by atoms with E-state index in [9.17, 15) is 4.39 Å². The second-order valence-electron chi connectivity index (χ2n) is 4.64. The fraction of sp³-hybridized carbons (Fsp3) is 0.286. The molecule has 0 aliphatic rings. The van der Waals surface area contributed by atoms with Crippen molar-refractivity contribution in [1.82, 2.24) is 19.3 Å². The van der Waals surface area contributed by atoms with Crippen LogP contribution in [-0.2, 0) is 12.4 Å². The molecular formula is C14H13BrClFN4. The normalized spacial score (nSPS) is 11.5. The topological polar surface area (TPSA) is 35.6 Å². The standard InChI is InChI=1S/C14H13BrClFN4/c1-3-20-14-12(8(2)19-20)18-11(7-16)21(14)13-9(15)5-4-6-10(13)17/h4-6H,3,7H2,1-2H3. The van der Waals surface area contributed by atoms with Crippen LogP contribution in [0.25, 0.3) is 16.9 Å². The first-order valence-electron chi connectivity index (χ1n) is 6.53. The predicted molar refractivity (Wildman–Crippen MR) is 84.5 cm³/mol. The van der Waals surface area contributed by atoms with Gasteiger partial charge in [0.2, 0.25) is 0 Å². The number of aryl methyl sites for hydroxylation is 2. The molecule has 110 valence electrons. The molecule has 0 bridgehead atoms. The Morgan fingerprint density at radius 2 is 2.14 bits per heavy atom. The zero-order valence-corrected chi connectivity index (χ0v) is 13.9. The second kappa shape index (κ2) is 5.42. The molecule has 0 amide bonds. The van der Waals surface area contributed by atoms with E-state index in [1.165, 1.54) is 6.07 Å². The third-order valence-corrected chi connectivity index (χ3v) is 4.24. The lowest BCUT2D eigenvalue weighted by atomic mass is 10.3. The van der Waals surface area contributed by atoms with Crippen molar-refractivity contribution in [1.29, 1.82) is 0 Å². The maximum Gasteiger partial charge on any atom is 0.163 e. The zero-order valence-electron chi connectivity index (χ0n) is 11.6. The summed E-state index contributed by atoms with van der Waals surface area (Å²) in [7, 11) is 0. The first-order chi connectivity index (χ1) is 10.1. The Morgan fingerprint density at radius 1 is 1.38 bits per heavy atom. The van der Waals surface area contributed by atoms with Crippen LogP contribution in [0.2, 0.25) is 0 Å². The fourth-order valence-electron chi connectivity index (χ4n) is 2.46. The van der Waals surface area contributed by atoms with Crippen molar-refractivity contribution in [3.05, 3.63) is 40.0 Å². The van der Waals surface area contributed by atoms with Crippen LogP contribution in [-0.4, -0.2) is 19.3 Å². The highest BCUT2D eigenvalue weighted by Crippen LogP contribution is 2.31. The monoisotopic (exact) mass is 370 g/mol. The van der Waals surface area contributed by atoms with E-state index in [-0.39, 0.29) is 11.7 Å². The van der Waals surface area contributed by atoms with Crippen molar-refractivity contribution in [2.45, 2.75) is 26.3 Å². The number of imidazole rings is 1. The Bertz CT molecular complexity index is 804. The Labute approximate surface area is 134 Å². The summed E-state index contributed by atoms with van der Waals surface area (Å²) in [6, 6.07) is 4.87. The Balaban J connectivity index is 2.45. The molecule has 0 aliphatic heterocycles. The largest absolute Gasteiger partial charge is 0.276 e. The molecule has 4 nitrogen and oxygen atoms in total. The van der Waals surface area contributed by atoms with Crippen LogP contribution in [0.3, 0.4) is 0 Å².